The van der Waals surface area contributed by atoms with Crippen LogP contribution in [0.4, 0.5) is 0 Å². The Bertz CT molecular complexity index is 615. The average Bonchev–Trinajstić information content (AvgIpc) is 2.93. The minimum atomic E-state index is -0.385. The first kappa shape index (κ1) is 14.9. The molecule has 0 aliphatic rings. The number of aryl methyl sites for hydroxylation is 1. The molecule has 2 rings (SSSR count). The first-order chi connectivity index (χ1) is 9.65. The van der Waals surface area contributed by atoms with Crippen LogP contribution in [-0.4, -0.2) is 22.7 Å². The summed E-state index contributed by atoms with van der Waals surface area (Å²) in [6.45, 7) is 2.12. The van der Waals surface area contributed by atoms with Crippen LogP contribution in [-0.2, 0) is 17.8 Å². The number of halogens is 1. The number of ether oxygens (including phenoxy) is 2. The van der Waals surface area contributed by atoms with Gasteiger partial charge in [-0.2, -0.15) is 0 Å². The topological polar surface area (TPSA) is 61.3 Å². The second-order valence-electron chi connectivity index (χ2n) is 3.95. The van der Waals surface area contributed by atoms with Gasteiger partial charge in [-0.15, -0.1) is 5.10 Å². The first-order valence-electron chi connectivity index (χ1n) is 5.96. The third-order valence-electron chi connectivity index (χ3n) is 2.66. The third-order valence-corrected chi connectivity index (χ3v) is 4.03. The Morgan fingerprint density at radius 3 is 2.90 bits per heavy atom. The van der Waals surface area contributed by atoms with Crippen LogP contribution in [0.15, 0.2) is 22.7 Å². The number of benzene rings is 1. The van der Waals surface area contributed by atoms with E-state index in [1.807, 2.05) is 25.1 Å². The molecule has 2 aromatic rings. The Hall–Kier alpha value is -1.47. The molecule has 0 aliphatic heterocycles. The van der Waals surface area contributed by atoms with Crippen LogP contribution in [0.25, 0.3) is 0 Å². The van der Waals surface area contributed by atoms with Crippen molar-refractivity contribution in [2.24, 2.45) is 0 Å². The van der Waals surface area contributed by atoms with E-state index in [2.05, 4.69) is 25.5 Å². The number of hydrogen-bond acceptors (Lipinski definition) is 6. The van der Waals surface area contributed by atoms with Gasteiger partial charge >= 0.3 is 5.97 Å². The van der Waals surface area contributed by atoms with Gasteiger partial charge in [0.15, 0.2) is 4.88 Å². The first-order valence-corrected chi connectivity index (χ1v) is 7.53. The fourth-order valence-electron chi connectivity index (χ4n) is 1.61. The van der Waals surface area contributed by atoms with Crippen molar-refractivity contribution in [1.82, 2.24) is 9.59 Å². The second kappa shape index (κ2) is 6.81. The normalized spacial score (nSPS) is 10.3. The van der Waals surface area contributed by atoms with Crippen LogP contribution in [0, 0.1) is 0 Å². The van der Waals surface area contributed by atoms with E-state index < -0.39 is 0 Å². The zero-order chi connectivity index (χ0) is 14.5. The van der Waals surface area contributed by atoms with E-state index in [4.69, 9.17) is 9.47 Å². The number of carbonyl (C=O) groups is 1. The number of nitrogens with zero attached hydrogens (tertiary/aromatic N) is 2. The van der Waals surface area contributed by atoms with Gasteiger partial charge in [0.1, 0.15) is 12.4 Å². The Morgan fingerprint density at radius 1 is 1.45 bits per heavy atom. The van der Waals surface area contributed by atoms with E-state index >= 15 is 0 Å². The fourth-order valence-corrected chi connectivity index (χ4v) is 2.84. The molecule has 5 nitrogen and oxygen atoms in total. The van der Waals surface area contributed by atoms with E-state index in [0.717, 1.165) is 27.3 Å². The van der Waals surface area contributed by atoms with Crippen LogP contribution in [0.3, 0.4) is 0 Å². The van der Waals surface area contributed by atoms with Crippen LogP contribution in [0.1, 0.15) is 27.9 Å². The molecule has 1 heterocycles. The largest absolute Gasteiger partial charge is 0.496 e. The molecule has 1 aromatic heterocycles. The van der Waals surface area contributed by atoms with Crippen molar-refractivity contribution in [3.63, 3.8) is 0 Å². The lowest BCUT2D eigenvalue weighted by Crippen LogP contribution is -2.06. The quantitative estimate of drug-likeness (QED) is 0.769. The molecule has 0 radical (unpaired) electrons. The van der Waals surface area contributed by atoms with E-state index in [-0.39, 0.29) is 12.6 Å². The lowest BCUT2D eigenvalue weighted by Gasteiger charge is -2.07. The van der Waals surface area contributed by atoms with E-state index in [0.29, 0.717) is 17.0 Å². The smallest absolute Gasteiger partial charge is 0.352 e. The Kier molecular flexibility index (Phi) is 5.08. The van der Waals surface area contributed by atoms with Crippen LogP contribution >= 0.6 is 27.5 Å². The molecular weight excluding hydrogens is 344 g/mol. The van der Waals surface area contributed by atoms with E-state index in [1.54, 1.807) is 7.11 Å². The monoisotopic (exact) mass is 356 g/mol. The molecule has 0 spiro atoms. The second-order valence-corrected chi connectivity index (χ2v) is 5.56. The van der Waals surface area contributed by atoms with Gasteiger partial charge in [-0.05, 0) is 51.6 Å². The lowest BCUT2D eigenvalue weighted by atomic mass is 10.2. The van der Waals surface area contributed by atoms with Crippen LogP contribution in [0.5, 0.6) is 5.75 Å². The molecule has 0 amide bonds. The minimum Gasteiger partial charge on any atom is -0.496 e. The highest BCUT2D eigenvalue weighted by Crippen LogP contribution is 2.26. The molecule has 0 fully saturated rings. The molecule has 0 saturated heterocycles. The maximum absolute atomic E-state index is 11.9. The van der Waals surface area contributed by atoms with Crippen molar-refractivity contribution in [3.8, 4) is 5.75 Å². The van der Waals surface area contributed by atoms with Crippen molar-refractivity contribution >= 4 is 33.4 Å². The summed E-state index contributed by atoms with van der Waals surface area (Å²) in [4.78, 5) is 12.4. The highest BCUT2D eigenvalue weighted by molar-refractivity contribution is 9.10. The molecule has 0 unspecified atom stereocenters. The van der Waals surface area contributed by atoms with Gasteiger partial charge in [0.25, 0.3) is 0 Å². The molecule has 0 bridgehead atoms. The number of esters is 1. The molecule has 7 heteroatoms. The number of hydrogen-bond donors (Lipinski definition) is 0. The Labute approximate surface area is 129 Å². The molecule has 1 aromatic carbocycles. The average molecular weight is 357 g/mol. The molecule has 0 atom stereocenters. The SMILES string of the molecule is CCc1nnsc1C(=O)OCc1ccc(OC)c(Br)c1. The summed E-state index contributed by atoms with van der Waals surface area (Å²) in [6, 6.07) is 5.53. The summed E-state index contributed by atoms with van der Waals surface area (Å²) >= 11 is 4.45. The van der Waals surface area contributed by atoms with E-state index in [1.165, 1.54) is 0 Å². The standard InChI is InChI=1S/C13H13BrN2O3S/c1-3-10-12(20-16-15-10)13(17)19-7-8-4-5-11(18-2)9(14)6-8/h4-6H,3,7H2,1-2H3. The highest BCUT2D eigenvalue weighted by Gasteiger charge is 2.16. The summed E-state index contributed by atoms with van der Waals surface area (Å²) in [6.07, 6.45) is 0.662. The zero-order valence-corrected chi connectivity index (χ0v) is 13.5. The van der Waals surface area contributed by atoms with Gasteiger partial charge in [-0.1, -0.05) is 17.5 Å². The van der Waals surface area contributed by atoms with Crippen LogP contribution < -0.4 is 4.74 Å². The number of carbonyl (C=O) groups excluding carboxylic acids is 1. The van der Waals surface area contributed by atoms with Gasteiger partial charge in [-0.25, -0.2) is 4.79 Å². The maximum Gasteiger partial charge on any atom is 0.352 e. The van der Waals surface area contributed by atoms with Crippen molar-refractivity contribution in [2.45, 2.75) is 20.0 Å². The van der Waals surface area contributed by atoms with Crippen molar-refractivity contribution < 1.29 is 14.3 Å². The molecule has 0 saturated carbocycles. The molecule has 0 N–H and O–H groups in total. The number of aromatic nitrogens is 2. The maximum atomic E-state index is 11.9. The van der Waals surface area contributed by atoms with Gasteiger partial charge in [0.05, 0.1) is 17.3 Å². The van der Waals surface area contributed by atoms with Crippen molar-refractivity contribution in [1.29, 1.82) is 0 Å². The Balaban J connectivity index is 2.02. The van der Waals surface area contributed by atoms with Gasteiger partial charge < -0.3 is 9.47 Å². The lowest BCUT2D eigenvalue weighted by molar-refractivity contribution is 0.0477. The number of rotatable bonds is 5. The minimum absolute atomic E-state index is 0.197. The summed E-state index contributed by atoms with van der Waals surface area (Å²) in [5.41, 5.74) is 1.55. The van der Waals surface area contributed by atoms with Gasteiger partial charge in [-0.3, -0.25) is 0 Å². The summed E-state index contributed by atoms with van der Waals surface area (Å²) in [5, 5.41) is 3.89. The third kappa shape index (κ3) is 3.34. The predicted octanol–water partition coefficient (Wildman–Crippen LogP) is 3.23. The molecule has 106 valence electrons. The molecular formula is C13H13BrN2O3S. The van der Waals surface area contributed by atoms with E-state index in [9.17, 15) is 4.79 Å². The van der Waals surface area contributed by atoms with Gasteiger partial charge in [0, 0.05) is 0 Å². The zero-order valence-electron chi connectivity index (χ0n) is 11.1. The van der Waals surface area contributed by atoms with Crippen molar-refractivity contribution in [3.05, 3.63) is 38.8 Å². The summed E-state index contributed by atoms with van der Waals surface area (Å²) in [7, 11) is 1.60. The fraction of sp³-hybridized carbons (Fsp3) is 0.308. The summed E-state index contributed by atoms with van der Waals surface area (Å²) in [5.74, 6) is 0.351. The number of methoxy groups -OCH3 is 1. The van der Waals surface area contributed by atoms with Gasteiger partial charge in [0.2, 0.25) is 0 Å². The molecule has 0 aliphatic carbocycles. The molecule has 20 heavy (non-hydrogen) atoms. The predicted molar refractivity (Wildman–Crippen MR) is 79.1 cm³/mol. The Morgan fingerprint density at radius 2 is 2.25 bits per heavy atom. The van der Waals surface area contributed by atoms with Crippen LogP contribution in [0.2, 0.25) is 0 Å². The summed E-state index contributed by atoms with van der Waals surface area (Å²) < 4.78 is 15.0. The highest BCUT2D eigenvalue weighted by atomic mass is 79.9. The van der Waals surface area contributed by atoms with Crippen molar-refractivity contribution in [2.75, 3.05) is 7.11 Å².